The first-order valence-electron chi connectivity index (χ1n) is 19.8. The van der Waals surface area contributed by atoms with Crippen molar-refractivity contribution in [1.29, 1.82) is 0 Å². The van der Waals surface area contributed by atoms with Gasteiger partial charge in [0.15, 0.2) is 0 Å². The minimum Gasteiger partial charge on any atom is -0.497 e. The number of hydrazine groups is 1. The Hall–Kier alpha value is -5.73. The molecule has 14 nitrogen and oxygen atoms in total. The lowest BCUT2D eigenvalue weighted by atomic mass is 9.86. The van der Waals surface area contributed by atoms with Crippen molar-refractivity contribution in [1.82, 2.24) is 35.9 Å². The second kappa shape index (κ2) is 19.6. The minimum atomic E-state index is -1.34. The summed E-state index contributed by atoms with van der Waals surface area (Å²) in [5.41, 5.74) is 5.47. The van der Waals surface area contributed by atoms with Crippen molar-refractivity contribution in [2.45, 2.75) is 84.8 Å². The SMILES string of the molecule is CCC(C)C(C(=O)NC(Cc1ccccc1)C(O)CN(Cc1ccc(OC)cc1)NC(=O)C(NC(=O)O)C(C)(C)C)N1CCN(Cc2cnc3ccccc3c2)C1=O. The number of hydrogen-bond acceptors (Lipinski definition) is 8. The first-order valence-corrected chi connectivity index (χ1v) is 19.8. The fourth-order valence-electron chi connectivity index (χ4n) is 7.25. The van der Waals surface area contributed by atoms with E-state index in [1.54, 1.807) is 56.0 Å². The van der Waals surface area contributed by atoms with Crippen molar-refractivity contribution < 1.29 is 34.1 Å². The second-order valence-corrected chi connectivity index (χ2v) is 16.1. The highest BCUT2D eigenvalue weighted by molar-refractivity contribution is 5.89. The van der Waals surface area contributed by atoms with Gasteiger partial charge in [0, 0.05) is 44.3 Å². The lowest BCUT2D eigenvalue weighted by Crippen LogP contribution is -2.60. The van der Waals surface area contributed by atoms with E-state index < -0.39 is 41.6 Å². The number of para-hydroxylation sites is 1. The Kier molecular flexibility index (Phi) is 14.7. The van der Waals surface area contributed by atoms with Gasteiger partial charge in [-0.2, -0.15) is 0 Å². The van der Waals surface area contributed by atoms with Crippen LogP contribution in [0, 0.1) is 11.3 Å². The third-order valence-corrected chi connectivity index (χ3v) is 10.6. The summed E-state index contributed by atoms with van der Waals surface area (Å²) in [6, 6.07) is 23.5. The van der Waals surface area contributed by atoms with E-state index >= 15 is 0 Å². The lowest BCUT2D eigenvalue weighted by Gasteiger charge is -2.36. The van der Waals surface area contributed by atoms with E-state index in [2.05, 4.69) is 21.0 Å². The molecule has 1 fully saturated rings. The fraction of sp³-hybridized carbons (Fsp3) is 0.432. The van der Waals surface area contributed by atoms with Crippen molar-refractivity contribution in [3.05, 3.63) is 108 Å². The molecular weight excluding hydrogens is 739 g/mol. The summed E-state index contributed by atoms with van der Waals surface area (Å²) < 4.78 is 5.31. The number of carbonyl (C=O) groups excluding carboxylic acids is 3. The van der Waals surface area contributed by atoms with Crippen LogP contribution in [0.1, 0.15) is 57.7 Å². The summed E-state index contributed by atoms with van der Waals surface area (Å²) in [6.07, 6.45) is 0.0871. The number of aromatic nitrogens is 1. The smallest absolute Gasteiger partial charge is 0.405 e. The van der Waals surface area contributed by atoms with Gasteiger partial charge in [0.05, 0.1) is 24.8 Å². The highest BCUT2D eigenvalue weighted by atomic mass is 16.5. The molecule has 5 rings (SSSR count). The van der Waals surface area contributed by atoms with E-state index in [0.717, 1.165) is 27.6 Å². The number of benzene rings is 3. The first kappa shape index (κ1) is 43.4. The molecule has 0 spiro atoms. The van der Waals surface area contributed by atoms with Gasteiger partial charge in [-0.05, 0) is 58.7 Å². The number of hydrogen-bond donors (Lipinski definition) is 5. The molecule has 0 saturated carbocycles. The number of urea groups is 1. The van der Waals surface area contributed by atoms with E-state index in [1.807, 2.05) is 86.6 Å². The number of nitrogens with one attached hydrogen (secondary N) is 3. The highest BCUT2D eigenvalue weighted by Crippen LogP contribution is 2.25. The number of aliphatic hydroxyl groups is 1. The number of rotatable bonds is 18. The predicted octanol–water partition coefficient (Wildman–Crippen LogP) is 5.20. The van der Waals surface area contributed by atoms with Crippen molar-refractivity contribution >= 4 is 34.8 Å². The van der Waals surface area contributed by atoms with Crippen LogP contribution in [0.2, 0.25) is 0 Å². The molecule has 1 aromatic heterocycles. The largest absolute Gasteiger partial charge is 0.497 e. The molecule has 5 unspecified atom stereocenters. The van der Waals surface area contributed by atoms with Gasteiger partial charge in [0.25, 0.3) is 5.91 Å². The molecule has 1 saturated heterocycles. The molecule has 0 aliphatic carbocycles. The van der Waals surface area contributed by atoms with Gasteiger partial charge in [-0.25, -0.2) is 14.6 Å². The second-order valence-electron chi connectivity index (χ2n) is 16.1. The molecule has 5 N–H and O–H groups in total. The molecule has 5 amide bonds. The van der Waals surface area contributed by atoms with Gasteiger partial charge < -0.3 is 35.4 Å². The Morgan fingerprint density at radius 2 is 1.60 bits per heavy atom. The van der Waals surface area contributed by atoms with Gasteiger partial charge in [-0.15, -0.1) is 0 Å². The maximum Gasteiger partial charge on any atom is 0.405 e. The van der Waals surface area contributed by atoms with Crippen molar-refractivity contribution in [3.8, 4) is 5.75 Å². The Labute approximate surface area is 340 Å². The molecule has 4 aromatic rings. The molecule has 2 heterocycles. The maximum absolute atomic E-state index is 14.5. The summed E-state index contributed by atoms with van der Waals surface area (Å²) in [5.74, 6) is -0.555. The van der Waals surface area contributed by atoms with E-state index in [0.29, 0.717) is 31.8 Å². The van der Waals surface area contributed by atoms with Crippen LogP contribution >= 0.6 is 0 Å². The molecular formula is C44H57N7O7. The quantitative estimate of drug-likeness (QED) is 0.0848. The molecule has 0 radical (unpaired) electrons. The number of ether oxygens (including phenoxy) is 1. The number of carboxylic acid groups (broad SMARTS) is 1. The molecule has 5 atom stereocenters. The molecule has 14 heteroatoms. The van der Waals surface area contributed by atoms with Crippen LogP contribution in [0.5, 0.6) is 5.75 Å². The molecule has 310 valence electrons. The average Bonchev–Trinajstić information content (AvgIpc) is 3.54. The van der Waals surface area contributed by atoms with Gasteiger partial charge in [-0.3, -0.25) is 20.0 Å². The number of fused-ring (bicyclic) bond motifs is 1. The summed E-state index contributed by atoms with van der Waals surface area (Å²) in [6.45, 7) is 10.3. The average molecular weight is 796 g/mol. The van der Waals surface area contributed by atoms with Crippen LogP contribution in [0.25, 0.3) is 10.9 Å². The lowest BCUT2D eigenvalue weighted by molar-refractivity contribution is -0.132. The Balaban J connectivity index is 1.38. The minimum absolute atomic E-state index is 0.135. The summed E-state index contributed by atoms with van der Waals surface area (Å²) in [7, 11) is 1.56. The molecule has 1 aliphatic rings. The van der Waals surface area contributed by atoms with E-state index in [4.69, 9.17) is 4.74 Å². The molecule has 58 heavy (non-hydrogen) atoms. The number of aliphatic hydroxyl groups excluding tert-OH is 1. The van der Waals surface area contributed by atoms with Crippen LogP contribution in [0.15, 0.2) is 91.1 Å². The zero-order valence-corrected chi connectivity index (χ0v) is 34.2. The Morgan fingerprint density at radius 3 is 2.26 bits per heavy atom. The molecule has 0 bridgehead atoms. The standard InChI is InChI=1S/C44H57N7O7/c1-7-29(2)38(51-22-21-49(43(51)57)26-32-23-33-15-11-12-16-35(33)45-25-32)40(53)46-36(24-30-13-9-8-10-14-30)37(52)28-50(27-31-17-19-34(58-6)20-18-31)48-41(54)39(44(3,4)5)47-42(55)56/h8-20,23,25,29,36-39,47,52H,7,21-22,24,26-28H2,1-6H3,(H,46,53)(H,48,54)(H,55,56). The highest BCUT2D eigenvalue weighted by Gasteiger charge is 2.41. The monoisotopic (exact) mass is 795 g/mol. The molecule has 3 aromatic carbocycles. The zero-order valence-electron chi connectivity index (χ0n) is 34.2. The third kappa shape index (κ3) is 11.4. The predicted molar refractivity (Wildman–Crippen MR) is 222 cm³/mol. The van der Waals surface area contributed by atoms with Crippen LogP contribution in [0.3, 0.4) is 0 Å². The summed E-state index contributed by atoms with van der Waals surface area (Å²) in [5, 5.41) is 29.5. The van der Waals surface area contributed by atoms with Gasteiger partial charge >= 0.3 is 12.1 Å². The normalized spacial score (nSPS) is 15.8. The number of amides is 5. The van der Waals surface area contributed by atoms with E-state index in [9.17, 15) is 29.4 Å². The van der Waals surface area contributed by atoms with Crippen LogP contribution in [0.4, 0.5) is 9.59 Å². The topological polar surface area (TPSA) is 177 Å². The van der Waals surface area contributed by atoms with Crippen molar-refractivity contribution in [3.63, 3.8) is 0 Å². The maximum atomic E-state index is 14.5. The fourth-order valence-corrected chi connectivity index (χ4v) is 7.25. The number of methoxy groups -OCH3 is 1. The van der Waals surface area contributed by atoms with E-state index in [-0.39, 0.29) is 37.4 Å². The van der Waals surface area contributed by atoms with Crippen LogP contribution in [-0.4, -0.2) is 105 Å². The Morgan fingerprint density at radius 1 is 0.914 bits per heavy atom. The van der Waals surface area contributed by atoms with Gasteiger partial charge in [-0.1, -0.05) is 102 Å². The Bertz CT molecular complexity index is 2010. The van der Waals surface area contributed by atoms with E-state index in [1.165, 1.54) is 5.01 Å². The summed E-state index contributed by atoms with van der Waals surface area (Å²) >= 11 is 0. The third-order valence-electron chi connectivity index (χ3n) is 10.6. The molecule has 1 aliphatic heterocycles. The summed E-state index contributed by atoms with van der Waals surface area (Å²) in [4.78, 5) is 61.9. The van der Waals surface area contributed by atoms with Gasteiger partial charge in [0.1, 0.15) is 17.8 Å². The van der Waals surface area contributed by atoms with Crippen LogP contribution < -0.4 is 20.8 Å². The van der Waals surface area contributed by atoms with Gasteiger partial charge in [0.2, 0.25) is 5.91 Å². The van der Waals surface area contributed by atoms with Crippen molar-refractivity contribution in [2.24, 2.45) is 11.3 Å². The number of nitrogens with zero attached hydrogens (tertiary/aromatic N) is 4. The number of pyridine rings is 1. The number of carbonyl (C=O) groups is 4. The zero-order chi connectivity index (χ0) is 42.0. The van der Waals surface area contributed by atoms with Crippen molar-refractivity contribution in [2.75, 3.05) is 26.7 Å². The van der Waals surface area contributed by atoms with Crippen LogP contribution in [-0.2, 0) is 29.1 Å². The first-order chi connectivity index (χ1) is 27.7.